The van der Waals surface area contributed by atoms with Gasteiger partial charge in [-0.2, -0.15) is 11.8 Å². The van der Waals surface area contributed by atoms with Crippen molar-refractivity contribution in [2.75, 3.05) is 12.0 Å². The van der Waals surface area contributed by atoms with Gasteiger partial charge in [0.2, 0.25) is 5.91 Å². The molecule has 0 unspecified atom stereocenters. The molecule has 0 fully saturated rings. The second kappa shape index (κ2) is 9.02. The Morgan fingerprint density at radius 2 is 1.84 bits per heavy atom. The van der Waals surface area contributed by atoms with Crippen LogP contribution in [0.2, 0.25) is 0 Å². The average molecular weight is 459 g/mol. The number of benzene rings is 1. The summed E-state index contributed by atoms with van der Waals surface area (Å²) < 4.78 is 11.4. The Morgan fingerprint density at radius 3 is 2.44 bits per heavy atom. The van der Waals surface area contributed by atoms with Crippen molar-refractivity contribution in [1.29, 1.82) is 0 Å². The maximum Gasteiger partial charge on any atom is 0.340 e. The molecular formula is C24H28NO6S-. The Kier molecular flexibility index (Phi) is 6.74. The van der Waals surface area contributed by atoms with Crippen LogP contribution in [0.15, 0.2) is 26.0 Å². The summed E-state index contributed by atoms with van der Waals surface area (Å²) in [4.78, 5) is 36.6. The minimum atomic E-state index is -1.35. The van der Waals surface area contributed by atoms with E-state index in [-0.39, 0.29) is 23.8 Å². The van der Waals surface area contributed by atoms with Gasteiger partial charge in [0.05, 0.1) is 30.3 Å². The summed E-state index contributed by atoms with van der Waals surface area (Å²) in [6.07, 6.45) is 3.55. The monoisotopic (exact) mass is 458 g/mol. The maximum atomic E-state index is 12.7. The van der Waals surface area contributed by atoms with E-state index in [4.69, 9.17) is 8.83 Å². The molecule has 0 aliphatic rings. The molecule has 2 aromatic heterocycles. The normalized spacial score (nSPS) is 12.9. The van der Waals surface area contributed by atoms with Crippen LogP contribution >= 0.6 is 11.8 Å². The zero-order valence-corrected chi connectivity index (χ0v) is 20.0. The third-order valence-electron chi connectivity index (χ3n) is 5.72. The number of carboxylic acid groups (broad SMARTS) is 1. The molecule has 2 heterocycles. The third-order valence-corrected chi connectivity index (χ3v) is 6.36. The summed E-state index contributed by atoms with van der Waals surface area (Å²) >= 11 is 1.48. The molecule has 0 aliphatic heterocycles. The Bertz CT molecular complexity index is 1250. The van der Waals surface area contributed by atoms with E-state index in [1.165, 1.54) is 11.8 Å². The van der Waals surface area contributed by atoms with E-state index in [0.717, 1.165) is 21.9 Å². The van der Waals surface area contributed by atoms with Crippen molar-refractivity contribution in [3.8, 4) is 0 Å². The highest BCUT2D eigenvalue weighted by atomic mass is 32.2. The van der Waals surface area contributed by atoms with Crippen molar-refractivity contribution in [3.63, 3.8) is 0 Å². The van der Waals surface area contributed by atoms with Gasteiger partial charge >= 0.3 is 5.63 Å². The van der Waals surface area contributed by atoms with Crippen molar-refractivity contribution >= 4 is 45.6 Å². The van der Waals surface area contributed by atoms with E-state index in [9.17, 15) is 19.5 Å². The molecule has 1 aromatic carbocycles. The maximum absolute atomic E-state index is 12.7. The summed E-state index contributed by atoms with van der Waals surface area (Å²) in [5.41, 5.74) is 2.92. The van der Waals surface area contributed by atoms with E-state index >= 15 is 0 Å². The van der Waals surface area contributed by atoms with Gasteiger partial charge in [0.1, 0.15) is 11.2 Å². The van der Waals surface area contributed by atoms with Crippen molar-refractivity contribution < 1.29 is 23.5 Å². The van der Waals surface area contributed by atoms with Gasteiger partial charge in [0.25, 0.3) is 0 Å². The molecule has 0 saturated carbocycles. The number of carbonyl (C=O) groups is 2. The number of aryl methyl sites for hydroxylation is 2. The van der Waals surface area contributed by atoms with Gasteiger partial charge in [-0.25, -0.2) is 4.79 Å². The van der Waals surface area contributed by atoms with Gasteiger partial charge in [-0.05, 0) is 49.3 Å². The fourth-order valence-electron chi connectivity index (χ4n) is 3.87. The molecule has 3 aromatic rings. The van der Waals surface area contributed by atoms with Crippen LogP contribution in [0.1, 0.15) is 49.4 Å². The van der Waals surface area contributed by atoms with Crippen LogP contribution in [0.4, 0.5) is 0 Å². The van der Waals surface area contributed by atoms with Crippen LogP contribution in [0.3, 0.4) is 0 Å². The second-order valence-electron chi connectivity index (χ2n) is 9.04. The van der Waals surface area contributed by atoms with E-state index in [0.29, 0.717) is 22.5 Å². The Labute approximate surface area is 190 Å². The Balaban J connectivity index is 2.05. The van der Waals surface area contributed by atoms with Crippen LogP contribution in [-0.4, -0.2) is 29.9 Å². The average Bonchev–Trinajstić information content (AvgIpc) is 3.14. The summed E-state index contributed by atoms with van der Waals surface area (Å²) in [5.74, 6) is -1.35. The zero-order chi connectivity index (χ0) is 23.8. The number of hydrogen-bond donors (Lipinski definition) is 1. The lowest BCUT2D eigenvalue weighted by Gasteiger charge is -2.19. The lowest BCUT2D eigenvalue weighted by Crippen LogP contribution is -2.48. The van der Waals surface area contributed by atoms with E-state index < -0.39 is 23.5 Å². The highest BCUT2D eigenvalue weighted by Gasteiger charge is 2.24. The van der Waals surface area contributed by atoms with Gasteiger partial charge in [-0.15, -0.1) is 0 Å². The molecule has 3 rings (SSSR count). The lowest BCUT2D eigenvalue weighted by atomic mass is 9.86. The molecule has 1 N–H and O–H groups in total. The number of thioether (sulfide) groups is 1. The van der Waals surface area contributed by atoms with Crippen LogP contribution in [0.25, 0.3) is 21.9 Å². The number of nitrogens with one attached hydrogen (secondary N) is 1. The quantitative estimate of drug-likeness (QED) is 0.542. The molecule has 32 heavy (non-hydrogen) atoms. The van der Waals surface area contributed by atoms with Crippen LogP contribution in [0.5, 0.6) is 0 Å². The predicted molar refractivity (Wildman–Crippen MR) is 124 cm³/mol. The first-order chi connectivity index (χ1) is 15.0. The van der Waals surface area contributed by atoms with Gasteiger partial charge < -0.3 is 24.1 Å². The van der Waals surface area contributed by atoms with Crippen LogP contribution < -0.4 is 16.0 Å². The topological polar surface area (TPSA) is 113 Å². The van der Waals surface area contributed by atoms with E-state index in [1.54, 1.807) is 13.2 Å². The molecule has 1 atom stereocenters. The number of amides is 1. The fourth-order valence-corrected chi connectivity index (χ4v) is 4.34. The number of rotatable bonds is 7. The van der Waals surface area contributed by atoms with E-state index in [2.05, 4.69) is 26.1 Å². The van der Waals surface area contributed by atoms with Gasteiger partial charge in [-0.3, -0.25) is 4.79 Å². The molecule has 1 amide bonds. The van der Waals surface area contributed by atoms with Crippen molar-refractivity contribution in [3.05, 3.63) is 45.0 Å². The lowest BCUT2D eigenvalue weighted by molar-refractivity contribution is -0.308. The minimum Gasteiger partial charge on any atom is -0.548 e. The Hall–Kier alpha value is -2.74. The first-order valence-corrected chi connectivity index (χ1v) is 11.8. The second-order valence-corrected chi connectivity index (χ2v) is 10.0. The minimum absolute atomic E-state index is 0.145. The van der Waals surface area contributed by atoms with Crippen LogP contribution in [-0.2, 0) is 21.4 Å². The van der Waals surface area contributed by atoms with E-state index in [1.807, 2.05) is 19.2 Å². The molecular weight excluding hydrogens is 430 g/mol. The third kappa shape index (κ3) is 4.55. The van der Waals surface area contributed by atoms with Crippen molar-refractivity contribution in [2.45, 2.75) is 58.9 Å². The summed E-state index contributed by atoms with van der Waals surface area (Å²) in [6, 6.07) is 0.828. The number of carboxylic acids is 1. The van der Waals surface area contributed by atoms with Gasteiger partial charge in [-0.1, -0.05) is 20.8 Å². The molecule has 0 aliphatic carbocycles. The summed E-state index contributed by atoms with van der Waals surface area (Å²) in [5, 5.41) is 15.4. The SMILES string of the molecule is CSCC[C@H](NC(=O)Cc1c(C)c2cc3c(C(C)(C)C)coc3c(C)c2oc1=O)C(=O)[O-]. The zero-order valence-electron chi connectivity index (χ0n) is 19.2. The predicted octanol–water partition coefficient (Wildman–Crippen LogP) is 2.98. The number of furan rings is 1. The molecule has 7 nitrogen and oxygen atoms in total. The first kappa shape index (κ1) is 23.9. The fraction of sp³-hybridized carbons (Fsp3) is 0.458. The molecule has 0 spiro atoms. The number of hydrogen-bond acceptors (Lipinski definition) is 7. The highest BCUT2D eigenvalue weighted by molar-refractivity contribution is 7.98. The van der Waals surface area contributed by atoms with Crippen molar-refractivity contribution in [1.82, 2.24) is 5.32 Å². The summed E-state index contributed by atoms with van der Waals surface area (Å²) in [7, 11) is 0. The standard InChI is InChI=1S/C24H29NO6S/c1-12-14-9-16-17(24(3,4)5)11-30-20(16)13(2)21(14)31-23(29)15(12)10-19(26)25-18(22(27)28)7-8-32-6/h9,11,18H,7-8,10H2,1-6H3,(H,25,26)(H,27,28)/p-1/t18-/m0/s1. The van der Waals surface area contributed by atoms with Gasteiger partial charge in [0.15, 0.2) is 0 Å². The largest absolute Gasteiger partial charge is 0.548 e. The molecule has 0 radical (unpaired) electrons. The molecule has 172 valence electrons. The highest BCUT2D eigenvalue weighted by Crippen LogP contribution is 2.37. The molecule has 8 heteroatoms. The molecule has 0 saturated heterocycles. The van der Waals surface area contributed by atoms with Gasteiger partial charge in [0, 0.05) is 21.9 Å². The van der Waals surface area contributed by atoms with Crippen LogP contribution in [0, 0.1) is 13.8 Å². The summed E-state index contributed by atoms with van der Waals surface area (Å²) in [6.45, 7) is 9.89. The molecule has 0 bridgehead atoms. The number of carbonyl (C=O) groups excluding carboxylic acids is 2. The van der Waals surface area contributed by atoms with Crippen molar-refractivity contribution in [2.24, 2.45) is 0 Å². The first-order valence-electron chi connectivity index (χ1n) is 10.4. The number of fused-ring (bicyclic) bond motifs is 2. The number of aliphatic carboxylic acids is 1. The smallest absolute Gasteiger partial charge is 0.340 e. The Morgan fingerprint density at radius 1 is 1.16 bits per heavy atom.